The first-order valence-electron chi connectivity index (χ1n) is 15.8. The number of aliphatic hydroxyl groups is 2. The SMILES string of the molecule is C[C@@H]1[C@@H](C)C/C=C/[C@](O)(C#CCO)[C@@H]2CC[C@H]2CN2C[C@@]3(CCCc4cc(Cl)ccc43)COc3ccc(cc32)C(=O)NS1(=O)=O. The molecule has 2 aliphatic carbocycles. The molecule has 2 aromatic rings. The minimum atomic E-state index is -4.00. The van der Waals surface area contributed by atoms with Gasteiger partial charge in [-0.2, -0.15) is 0 Å². The number of carbonyl (C=O) groups is 1. The molecular formula is C35H41ClN2O6S. The number of aliphatic hydroxyl groups excluding tert-OH is 1. The number of hydrogen-bond acceptors (Lipinski definition) is 7. The molecule has 6 atom stereocenters. The zero-order chi connectivity index (χ0) is 32.0. The molecule has 8 nitrogen and oxygen atoms in total. The maximum Gasteiger partial charge on any atom is 0.264 e. The summed E-state index contributed by atoms with van der Waals surface area (Å²) in [6, 6.07) is 11.2. The molecule has 0 aromatic heterocycles. The Balaban J connectivity index is 1.46. The van der Waals surface area contributed by atoms with Crippen LogP contribution in [0.4, 0.5) is 5.69 Å². The third-order valence-electron chi connectivity index (χ3n) is 10.5. The first-order chi connectivity index (χ1) is 21.4. The minimum absolute atomic E-state index is 0.0750. The van der Waals surface area contributed by atoms with Gasteiger partial charge in [-0.05, 0) is 105 Å². The number of amides is 1. The van der Waals surface area contributed by atoms with Gasteiger partial charge in [0.05, 0.1) is 17.5 Å². The highest BCUT2D eigenvalue weighted by Crippen LogP contribution is 2.48. The molecule has 0 radical (unpaired) electrons. The van der Waals surface area contributed by atoms with Gasteiger partial charge in [0.15, 0.2) is 0 Å². The first kappa shape index (κ1) is 31.9. The lowest BCUT2D eigenvalue weighted by molar-refractivity contribution is -0.00332. The summed E-state index contributed by atoms with van der Waals surface area (Å²) >= 11 is 6.40. The molecule has 0 saturated heterocycles. The Labute approximate surface area is 270 Å². The molecule has 0 unspecified atom stereocenters. The quantitative estimate of drug-likeness (QED) is 0.281. The highest BCUT2D eigenvalue weighted by molar-refractivity contribution is 7.90. The number of aryl methyl sites for hydroxylation is 1. The average molecular weight is 653 g/mol. The van der Waals surface area contributed by atoms with E-state index >= 15 is 0 Å². The molecule has 3 N–H and O–H groups in total. The van der Waals surface area contributed by atoms with Crippen LogP contribution in [-0.4, -0.2) is 61.7 Å². The second-order valence-corrected chi connectivity index (χ2v) is 15.8. The molecule has 10 heteroatoms. The van der Waals surface area contributed by atoms with Crippen LogP contribution < -0.4 is 14.4 Å². The third kappa shape index (κ3) is 6.10. The maximum atomic E-state index is 13.4. The number of anilines is 1. The van der Waals surface area contributed by atoms with Crippen LogP contribution in [0.5, 0.6) is 5.75 Å². The Bertz CT molecular complexity index is 1680. The highest BCUT2D eigenvalue weighted by atomic mass is 35.5. The van der Waals surface area contributed by atoms with Crippen molar-refractivity contribution >= 4 is 33.2 Å². The molecule has 45 heavy (non-hydrogen) atoms. The molecule has 1 amide bonds. The number of hydrogen-bond donors (Lipinski definition) is 3. The highest BCUT2D eigenvalue weighted by Gasteiger charge is 2.47. The first-order valence-corrected chi connectivity index (χ1v) is 17.7. The van der Waals surface area contributed by atoms with Crippen LogP contribution in [0.1, 0.15) is 67.4 Å². The van der Waals surface area contributed by atoms with E-state index in [4.69, 9.17) is 16.3 Å². The van der Waals surface area contributed by atoms with Crippen molar-refractivity contribution in [2.24, 2.45) is 17.8 Å². The summed E-state index contributed by atoms with van der Waals surface area (Å²) in [5, 5.41) is 21.2. The Morgan fingerprint density at radius 3 is 2.76 bits per heavy atom. The Kier molecular flexibility index (Phi) is 8.72. The molecule has 1 spiro atoms. The van der Waals surface area contributed by atoms with Gasteiger partial charge >= 0.3 is 0 Å². The number of carbonyl (C=O) groups excluding carboxylic acids is 1. The van der Waals surface area contributed by atoms with Gasteiger partial charge in [0, 0.05) is 35.0 Å². The summed E-state index contributed by atoms with van der Waals surface area (Å²) < 4.78 is 35.4. The lowest BCUT2D eigenvalue weighted by Crippen LogP contribution is -2.52. The molecule has 4 aliphatic rings. The predicted octanol–water partition coefficient (Wildman–Crippen LogP) is 4.61. The van der Waals surface area contributed by atoms with Crippen LogP contribution >= 0.6 is 11.6 Å². The van der Waals surface area contributed by atoms with Gasteiger partial charge in [0.2, 0.25) is 10.0 Å². The van der Waals surface area contributed by atoms with E-state index in [1.807, 2.05) is 12.1 Å². The zero-order valence-corrected chi connectivity index (χ0v) is 27.3. The number of benzene rings is 2. The summed E-state index contributed by atoms with van der Waals surface area (Å²) in [5.41, 5.74) is 1.58. The van der Waals surface area contributed by atoms with Crippen molar-refractivity contribution in [1.29, 1.82) is 0 Å². The van der Waals surface area contributed by atoms with Crippen molar-refractivity contribution in [3.63, 3.8) is 0 Å². The van der Waals surface area contributed by atoms with Gasteiger partial charge < -0.3 is 19.8 Å². The van der Waals surface area contributed by atoms with Gasteiger partial charge in [0.1, 0.15) is 18.0 Å². The van der Waals surface area contributed by atoms with Crippen LogP contribution in [0, 0.1) is 29.6 Å². The predicted molar refractivity (Wildman–Crippen MR) is 175 cm³/mol. The maximum absolute atomic E-state index is 13.4. The molecule has 2 bridgehead atoms. The van der Waals surface area contributed by atoms with Gasteiger partial charge in [-0.3, -0.25) is 4.79 Å². The lowest BCUT2D eigenvalue weighted by atomic mass is 9.64. The van der Waals surface area contributed by atoms with Crippen molar-refractivity contribution in [3.8, 4) is 17.6 Å². The average Bonchev–Trinajstić information content (AvgIpc) is 3.14. The van der Waals surface area contributed by atoms with Gasteiger partial charge in [-0.15, -0.1) is 0 Å². The molecule has 6 rings (SSSR count). The number of fused-ring (bicyclic) bond motifs is 4. The Morgan fingerprint density at radius 1 is 1.18 bits per heavy atom. The summed E-state index contributed by atoms with van der Waals surface area (Å²) in [7, 11) is -4.00. The minimum Gasteiger partial charge on any atom is -0.490 e. The van der Waals surface area contributed by atoms with Crippen molar-refractivity contribution in [2.45, 2.75) is 68.6 Å². The third-order valence-corrected chi connectivity index (χ3v) is 12.7. The van der Waals surface area contributed by atoms with Crippen molar-refractivity contribution in [1.82, 2.24) is 4.72 Å². The number of rotatable bonds is 0. The fraction of sp³-hybridized carbons (Fsp3) is 0.514. The van der Waals surface area contributed by atoms with Crippen molar-refractivity contribution < 1.29 is 28.2 Å². The van der Waals surface area contributed by atoms with Crippen molar-refractivity contribution in [2.75, 3.05) is 31.2 Å². The van der Waals surface area contributed by atoms with E-state index in [9.17, 15) is 23.4 Å². The number of nitrogens with zero attached hydrogens (tertiary/aromatic N) is 1. The number of halogens is 1. The number of nitrogens with one attached hydrogen (secondary N) is 1. The fourth-order valence-electron chi connectivity index (χ4n) is 7.59. The molecular weight excluding hydrogens is 612 g/mol. The van der Waals surface area contributed by atoms with E-state index in [2.05, 4.69) is 27.5 Å². The number of sulfonamides is 1. The van der Waals surface area contributed by atoms with Gasteiger partial charge in [-0.25, -0.2) is 13.1 Å². The Morgan fingerprint density at radius 2 is 2.00 bits per heavy atom. The zero-order valence-electron chi connectivity index (χ0n) is 25.8. The van der Waals surface area contributed by atoms with Gasteiger partial charge in [-0.1, -0.05) is 42.5 Å². The van der Waals surface area contributed by atoms with Crippen LogP contribution in [0.25, 0.3) is 0 Å². The van der Waals surface area contributed by atoms with E-state index in [1.54, 1.807) is 44.2 Å². The van der Waals surface area contributed by atoms with Crippen LogP contribution in [0.3, 0.4) is 0 Å². The number of allylic oxidation sites excluding steroid dienone is 1. The monoisotopic (exact) mass is 652 g/mol. The molecule has 2 aliphatic heterocycles. The van der Waals surface area contributed by atoms with Gasteiger partial charge in [0.25, 0.3) is 5.91 Å². The standard InChI is InChI=1S/C35H41ClN2O6S/c1-23-6-3-15-35(41,16-5-17-39)30-11-8-27(30)20-38-21-34(14-4-7-25-18-28(36)10-12-29(25)34)22-44-32-13-9-26(19-31(32)38)33(40)37-45(42,43)24(23)2/h3,9-10,12-13,15,18-19,23-24,27,30,39,41H,4,6-8,11,14,17,20-22H2,1-2H3,(H,37,40)/b15-3+/t23-,24+,27-,30+,34-,35-/m0/s1. The second-order valence-electron chi connectivity index (χ2n) is 13.3. The smallest absolute Gasteiger partial charge is 0.264 e. The summed E-state index contributed by atoms with van der Waals surface area (Å²) in [5.74, 6) is 5.09. The molecule has 2 heterocycles. The van der Waals surface area contributed by atoms with E-state index < -0.39 is 26.8 Å². The van der Waals surface area contributed by atoms with Crippen molar-refractivity contribution in [3.05, 3.63) is 70.3 Å². The second kappa shape index (κ2) is 12.3. The molecule has 240 valence electrons. The number of ether oxygens (including phenoxy) is 1. The fourth-order valence-corrected chi connectivity index (χ4v) is 9.06. The van der Waals surface area contributed by atoms with E-state index in [-0.39, 0.29) is 35.3 Å². The Hall–Kier alpha value is -3.03. The van der Waals surface area contributed by atoms with E-state index in [0.29, 0.717) is 36.9 Å². The summed E-state index contributed by atoms with van der Waals surface area (Å²) in [4.78, 5) is 15.7. The largest absolute Gasteiger partial charge is 0.490 e. The lowest BCUT2D eigenvalue weighted by Gasteiger charge is -2.47. The molecule has 1 fully saturated rings. The normalized spacial score (nSPS) is 33.2. The summed E-state index contributed by atoms with van der Waals surface area (Å²) in [6.07, 6.45) is 8.31. The van der Waals surface area contributed by atoms with E-state index in [0.717, 1.165) is 37.8 Å². The summed E-state index contributed by atoms with van der Waals surface area (Å²) in [6.45, 7) is 4.66. The topological polar surface area (TPSA) is 116 Å². The van der Waals surface area contributed by atoms with Crippen LogP contribution in [0.15, 0.2) is 48.6 Å². The molecule has 1 saturated carbocycles. The van der Waals surface area contributed by atoms with Crippen LogP contribution in [0.2, 0.25) is 5.02 Å². The van der Waals surface area contributed by atoms with Crippen LogP contribution in [-0.2, 0) is 21.9 Å². The van der Waals surface area contributed by atoms with E-state index in [1.165, 1.54) is 11.1 Å². The molecule has 2 aromatic carbocycles.